The Kier molecular flexibility index (Phi) is 5.07. The minimum absolute atomic E-state index is 0.0195. The van der Waals surface area contributed by atoms with Crippen molar-refractivity contribution < 1.29 is 23.5 Å². The fraction of sp³-hybridized carbons (Fsp3) is 0.286. The molecule has 0 bridgehead atoms. The average molecular weight is 395 g/mol. The number of amides is 1. The minimum atomic E-state index is -0.161. The van der Waals surface area contributed by atoms with Gasteiger partial charge >= 0.3 is 0 Å². The fourth-order valence-electron chi connectivity index (χ4n) is 3.38. The van der Waals surface area contributed by atoms with Gasteiger partial charge in [0.15, 0.2) is 11.5 Å². The maximum absolute atomic E-state index is 12.5. The van der Waals surface area contributed by atoms with Gasteiger partial charge in [0, 0.05) is 24.2 Å². The van der Waals surface area contributed by atoms with Crippen molar-refractivity contribution in [2.45, 2.75) is 12.3 Å². The summed E-state index contributed by atoms with van der Waals surface area (Å²) < 4.78 is 21.2. The predicted molar refractivity (Wildman–Crippen MR) is 106 cm³/mol. The van der Waals surface area contributed by atoms with Crippen molar-refractivity contribution in [2.24, 2.45) is 0 Å². The Hall–Kier alpha value is -3.55. The lowest BCUT2D eigenvalue weighted by Gasteiger charge is -2.16. The molecular weight excluding hydrogens is 374 g/mol. The number of benzene rings is 2. The monoisotopic (exact) mass is 395 g/mol. The lowest BCUT2D eigenvalue weighted by atomic mass is 10.1. The molecule has 0 spiro atoms. The van der Waals surface area contributed by atoms with Crippen molar-refractivity contribution in [3.63, 3.8) is 0 Å². The van der Waals surface area contributed by atoms with Gasteiger partial charge in [0.2, 0.25) is 17.6 Å². The molecule has 3 aromatic rings. The highest BCUT2D eigenvalue weighted by molar-refractivity contribution is 5.96. The van der Waals surface area contributed by atoms with E-state index in [-0.39, 0.29) is 11.8 Å². The van der Waals surface area contributed by atoms with Gasteiger partial charge in [-0.1, -0.05) is 5.16 Å². The van der Waals surface area contributed by atoms with Gasteiger partial charge in [-0.25, -0.2) is 0 Å². The van der Waals surface area contributed by atoms with E-state index in [1.165, 1.54) is 0 Å². The van der Waals surface area contributed by atoms with Gasteiger partial charge in [0.05, 0.1) is 27.2 Å². The van der Waals surface area contributed by atoms with E-state index in [2.05, 4.69) is 10.1 Å². The van der Waals surface area contributed by atoms with Gasteiger partial charge in [-0.05, 0) is 42.5 Å². The smallest absolute Gasteiger partial charge is 0.232 e. The minimum Gasteiger partial charge on any atom is -0.497 e. The van der Waals surface area contributed by atoms with E-state index < -0.39 is 0 Å². The number of rotatable bonds is 6. The molecule has 1 saturated heterocycles. The molecule has 1 fully saturated rings. The SMILES string of the molecule is COc1ccc(N2C[C@@H](c3nc(-c4ccc(OC)c(OC)c4)no3)CC2=O)cc1. The van der Waals surface area contributed by atoms with Crippen LogP contribution in [0.5, 0.6) is 17.2 Å². The number of aromatic nitrogens is 2. The number of nitrogens with zero attached hydrogens (tertiary/aromatic N) is 3. The van der Waals surface area contributed by atoms with E-state index >= 15 is 0 Å². The molecule has 0 saturated carbocycles. The van der Waals surface area contributed by atoms with Gasteiger partial charge in [-0.3, -0.25) is 4.79 Å². The summed E-state index contributed by atoms with van der Waals surface area (Å²) in [6, 6.07) is 12.8. The first-order valence-electron chi connectivity index (χ1n) is 9.13. The first-order valence-corrected chi connectivity index (χ1v) is 9.13. The summed E-state index contributed by atoms with van der Waals surface area (Å²) in [5, 5.41) is 4.08. The first kappa shape index (κ1) is 18.8. The lowest BCUT2D eigenvalue weighted by Crippen LogP contribution is -2.24. The van der Waals surface area contributed by atoms with Crippen LogP contribution in [0.1, 0.15) is 18.2 Å². The average Bonchev–Trinajstić information content (AvgIpc) is 3.40. The van der Waals surface area contributed by atoms with Crippen LogP contribution in [0.4, 0.5) is 5.69 Å². The molecule has 0 aliphatic carbocycles. The fourth-order valence-corrected chi connectivity index (χ4v) is 3.38. The second-order valence-corrected chi connectivity index (χ2v) is 6.63. The summed E-state index contributed by atoms with van der Waals surface area (Å²) in [4.78, 5) is 18.8. The van der Waals surface area contributed by atoms with Crippen LogP contribution >= 0.6 is 0 Å². The van der Waals surface area contributed by atoms with E-state index in [0.717, 1.165) is 17.0 Å². The highest BCUT2D eigenvalue weighted by Gasteiger charge is 2.35. The van der Waals surface area contributed by atoms with Crippen LogP contribution in [0.15, 0.2) is 47.0 Å². The zero-order valence-electron chi connectivity index (χ0n) is 16.4. The molecule has 8 heteroatoms. The van der Waals surface area contributed by atoms with Crippen molar-refractivity contribution in [2.75, 3.05) is 32.8 Å². The predicted octanol–water partition coefficient (Wildman–Crippen LogP) is 3.28. The molecule has 1 aliphatic rings. The Morgan fingerprint density at radius 2 is 1.76 bits per heavy atom. The van der Waals surface area contributed by atoms with Crippen molar-refractivity contribution in [3.8, 4) is 28.6 Å². The largest absolute Gasteiger partial charge is 0.497 e. The van der Waals surface area contributed by atoms with E-state index in [0.29, 0.717) is 36.2 Å². The highest BCUT2D eigenvalue weighted by atomic mass is 16.5. The topological polar surface area (TPSA) is 86.9 Å². The number of hydrogen-bond acceptors (Lipinski definition) is 7. The number of ether oxygens (including phenoxy) is 3. The van der Waals surface area contributed by atoms with E-state index in [9.17, 15) is 4.79 Å². The summed E-state index contributed by atoms with van der Waals surface area (Å²) in [5.41, 5.74) is 1.56. The van der Waals surface area contributed by atoms with Crippen LogP contribution in [-0.4, -0.2) is 43.9 Å². The third kappa shape index (κ3) is 3.61. The molecule has 1 amide bonds. The van der Waals surface area contributed by atoms with Crippen LogP contribution in [-0.2, 0) is 4.79 Å². The Balaban J connectivity index is 1.53. The Bertz CT molecular complexity index is 1020. The molecule has 0 radical (unpaired) electrons. The molecule has 2 heterocycles. The van der Waals surface area contributed by atoms with Crippen molar-refractivity contribution in [1.82, 2.24) is 10.1 Å². The molecule has 1 aromatic heterocycles. The summed E-state index contributed by atoms with van der Waals surface area (Å²) >= 11 is 0. The zero-order valence-corrected chi connectivity index (χ0v) is 16.4. The van der Waals surface area contributed by atoms with E-state index in [4.69, 9.17) is 18.7 Å². The number of anilines is 1. The highest BCUT2D eigenvalue weighted by Crippen LogP contribution is 2.34. The summed E-state index contributed by atoms with van der Waals surface area (Å²) in [7, 11) is 4.76. The third-order valence-electron chi connectivity index (χ3n) is 4.94. The molecule has 0 unspecified atom stereocenters. The van der Waals surface area contributed by atoms with Gasteiger partial charge in [-0.15, -0.1) is 0 Å². The number of carbonyl (C=O) groups excluding carboxylic acids is 1. The molecule has 1 aliphatic heterocycles. The Morgan fingerprint density at radius 1 is 1.00 bits per heavy atom. The quantitative estimate of drug-likeness (QED) is 0.633. The van der Waals surface area contributed by atoms with E-state index in [1.54, 1.807) is 38.4 Å². The Morgan fingerprint density at radius 3 is 2.45 bits per heavy atom. The van der Waals surface area contributed by atoms with Crippen LogP contribution in [0.3, 0.4) is 0 Å². The lowest BCUT2D eigenvalue weighted by molar-refractivity contribution is -0.117. The molecule has 2 aromatic carbocycles. The molecule has 8 nitrogen and oxygen atoms in total. The van der Waals surface area contributed by atoms with Crippen molar-refractivity contribution in [1.29, 1.82) is 0 Å². The molecule has 4 rings (SSSR count). The molecule has 1 atom stereocenters. The second-order valence-electron chi connectivity index (χ2n) is 6.63. The molecular formula is C21H21N3O5. The number of methoxy groups -OCH3 is 3. The van der Waals surface area contributed by atoms with Crippen molar-refractivity contribution in [3.05, 3.63) is 48.4 Å². The van der Waals surface area contributed by atoms with Crippen LogP contribution in [0, 0.1) is 0 Å². The maximum Gasteiger partial charge on any atom is 0.232 e. The van der Waals surface area contributed by atoms with E-state index in [1.807, 2.05) is 30.3 Å². The third-order valence-corrected chi connectivity index (χ3v) is 4.94. The standard InChI is InChI=1S/C21H21N3O5/c1-26-16-7-5-15(6-8-16)24-12-14(11-19(24)25)21-22-20(23-29-21)13-4-9-17(27-2)18(10-13)28-3/h4-10,14H,11-12H2,1-3H3/t14-/m0/s1. The van der Waals surface area contributed by atoms with Crippen LogP contribution in [0.25, 0.3) is 11.4 Å². The summed E-state index contributed by atoms with van der Waals surface area (Å²) in [5.74, 6) is 2.69. The first-order chi connectivity index (χ1) is 14.1. The normalized spacial score (nSPS) is 16.2. The molecule has 29 heavy (non-hydrogen) atoms. The van der Waals surface area contributed by atoms with Crippen LogP contribution < -0.4 is 19.1 Å². The summed E-state index contributed by atoms with van der Waals surface area (Å²) in [6.07, 6.45) is 0.319. The summed E-state index contributed by atoms with van der Waals surface area (Å²) in [6.45, 7) is 0.485. The van der Waals surface area contributed by atoms with Gasteiger partial charge in [-0.2, -0.15) is 4.98 Å². The molecule has 150 valence electrons. The second kappa shape index (κ2) is 7.83. The van der Waals surface area contributed by atoms with Crippen molar-refractivity contribution >= 4 is 11.6 Å². The number of carbonyl (C=O) groups is 1. The van der Waals surface area contributed by atoms with Gasteiger partial charge < -0.3 is 23.6 Å². The Labute approximate surface area is 168 Å². The van der Waals surface area contributed by atoms with Gasteiger partial charge in [0.25, 0.3) is 0 Å². The molecule has 0 N–H and O–H groups in total. The van der Waals surface area contributed by atoms with Gasteiger partial charge in [0.1, 0.15) is 5.75 Å². The van der Waals surface area contributed by atoms with Crippen LogP contribution in [0.2, 0.25) is 0 Å². The number of hydrogen-bond donors (Lipinski definition) is 0. The zero-order chi connectivity index (χ0) is 20.4. The maximum atomic E-state index is 12.5.